The minimum absolute atomic E-state index is 0.0256. The lowest BCUT2D eigenvalue weighted by Gasteiger charge is -2.25. The van der Waals surface area contributed by atoms with E-state index in [1.54, 1.807) is 13.8 Å². The monoisotopic (exact) mass is 286 g/mol. The van der Waals surface area contributed by atoms with Gasteiger partial charge in [-0.05, 0) is 27.2 Å². The molecule has 1 rings (SSSR count). The Hall–Kier alpha value is -1.47. The fraction of sp³-hybridized carbons (Fsp3) is 0.769. The van der Waals surface area contributed by atoms with Gasteiger partial charge >= 0.3 is 5.97 Å². The summed E-state index contributed by atoms with van der Waals surface area (Å²) in [5.41, 5.74) is 4.87. The van der Waals surface area contributed by atoms with Gasteiger partial charge in [0, 0.05) is 25.5 Å². The molecule has 0 aromatic heterocycles. The zero-order valence-electron chi connectivity index (χ0n) is 12.2. The largest absolute Gasteiger partial charge is 0.375 e. The highest BCUT2D eigenvalue weighted by Crippen LogP contribution is 2.18. The van der Waals surface area contributed by atoms with E-state index >= 15 is 0 Å². The van der Waals surface area contributed by atoms with Gasteiger partial charge in [-0.25, -0.2) is 4.79 Å². The summed E-state index contributed by atoms with van der Waals surface area (Å²) in [4.78, 5) is 39.2. The molecule has 0 spiro atoms. The van der Waals surface area contributed by atoms with E-state index in [0.717, 1.165) is 0 Å². The van der Waals surface area contributed by atoms with Crippen LogP contribution in [0.2, 0.25) is 0 Å². The Balaban J connectivity index is 2.40. The fourth-order valence-corrected chi connectivity index (χ4v) is 1.71. The van der Waals surface area contributed by atoms with E-state index in [1.807, 2.05) is 6.92 Å². The summed E-state index contributed by atoms with van der Waals surface area (Å²) in [5, 5.41) is 0.542. The van der Waals surface area contributed by atoms with Gasteiger partial charge < -0.3 is 15.3 Å². The van der Waals surface area contributed by atoms with Crippen molar-refractivity contribution in [3.05, 3.63) is 0 Å². The highest BCUT2D eigenvalue weighted by Gasteiger charge is 2.34. The smallest absolute Gasteiger partial charge is 0.336 e. The molecule has 1 heterocycles. The third-order valence-electron chi connectivity index (χ3n) is 2.83. The number of ether oxygens (including phenoxy) is 1. The number of amides is 2. The van der Waals surface area contributed by atoms with Gasteiger partial charge in [0.2, 0.25) is 0 Å². The molecular weight excluding hydrogens is 264 g/mol. The molecule has 2 N–H and O–H groups in total. The Morgan fingerprint density at radius 3 is 2.40 bits per heavy atom. The molecule has 0 aliphatic carbocycles. The van der Waals surface area contributed by atoms with Crippen LogP contribution in [-0.2, 0) is 24.0 Å². The highest BCUT2D eigenvalue weighted by molar-refractivity contribution is 6.01. The van der Waals surface area contributed by atoms with E-state index in [0.29, 0.717) is 18.1 Å². The van der Waals surface area contributed by atoms with Gasteiger partial charge in [0.1, 0.15) is 0 Å². The maximum absolute atomic E-state index is 11.7. The van der Waals surface area contributed by atoms with Crippen molar-refractivity contribution in [2.24, 2.45) is 5.73 Å². The van der Waals surface area contributed by atoms with Crippen LogP contribution in [-0.4, -0.2) is 41.1 Å². The lowest BCUT2D eigenvalue weighted by atomic mass is 10.1. The summed E-state index contributed by atoms with van der Waals surface area (Å²) in [7, 11) is 0. The molecule has 20 heavy (non-hydrogen) atoms. The van der Waals surface area contributed by atoms with Gasteiger partial charge in [-0.3, -0.25) is 9.59 Å². The van der Waals surface area contributed by atoms with Crippen LogP contribution >= 0.6 is 0 Å². The van der Waals surface area contributed by atoms with Gasteiger partial charge in [0.05, 0.1) is 12.0 Å². The van der Waals surface area contributed by atoms with Crippen molar-refractivity contribution in [2.45, 2.75) is 58.1 Å². The molecule has 1 fully saturated rings. The lowest BCUT2D eigenvalue weighted by Crippen LogP contribution is -2.36. The van der Waals surface area contributed by atoms with Crippen molar-refractivity contribution in [3.8, 4) is 0 Å². The molecule has 7 nitrogen and oxygen atoms in total. The molecule has 1 aliphatic rings. The van der Waals surface area contributed by atoms with E-state index in [2.05, 4.69) is 0 Å². The zero-order valence-corrected chi connectivity index (χ0v) is 12.2. The van der Waals surface area contributed by atoms with Crippen LogP contribution in [0, 0.1) is 0 Å². The van der Waals surface area contributed by atoms with E-state index < -0.39 is 23.4 Å². The average molecular weight is 286 g/mol. The molecule has 2 amide bonds. The highest BCUT2D eigenvalue weighted by atomic mass is 16.7. The van der Waals surface area contributed by atoms with Gasteiger partial charge in [0.15, 0.2) is 0 Å². The Bertz CT molecular complexity index is 376. The maximum atomic E-state index is 11.7. The van der Waals surface area contributed by atoms with Crippen molar-refractivity contribution in [3.63, 3.8) is 0 Å². The van der Waals surface area contributed by atoms with Crippen LogP contribution < -0.4 is 5.73 Å². The van der Waals surface area contributed by atoms with Crippen LogP contribution in [0.3, 0.4) is 0 Å². The maximum Gasteiger partial charge on any atom is 0.336 e. The van der Waals surface area contributed by atoms with Gasteiger partial charge in [-0.15, -0.1) is 5.06 Å². The van der Waals surface area contributed by atoms with Gasteiger partial charge in [-0.2, -0.15) is 0 Å². The topological polar surface area (TPSA) is 98.9 Å². The number of hydroxylamine groups is 2. The summed E-state index contributed by atoms with van der Waals surface area (Å²) in [6.07, 6.45) is 0.797. The first kappa shape index (κ1) is 16.6. The van der Waals surface area contributed by atoms with E-state index in [4.69, 9.17) is 15.3 Å². The number of nitrogens with zero attached hydrogens (tertiary/aromatic N) is 1. The Kier molecular flexibility index (Phi) is 5.64. The van der Waals surface area contributed by atoms with E-state index in [9.17, 15) is 14.4 Å². The Morgan fingerprint density at radius 1 is 1.35 bits per heavy atom. The number of carbonyl (C=O) groups excluding carboxylic acids is 3. The molecule has 0 aromatic carbocycles. The molecule has 0 bridgehead atoms. The van der Waals surface area contributed by atoms with E-state index in [1.165, 1.54) is 0 Å². The quantitative estimate of drug-likeness (QED) is 0.685. The number of rotatable bonds is 7. The molecule has 1 atom stereocenters. The first-order chi connectivity index (χ1) is 9.21. The summed E-state index contributed by atoms with van der Waals surface area (Å²) in [6.45, 7) is 5.78. The average Bonchev–Trinajstić information content (AvgIpc) is 2.59. The summed E-state index contributed by atoms with van der Waals surface area (Å²) >= 11 is 0. The van der Waals surface area contributed by atoms with E-state index in [-0.39, 0.29) is 25.3 Å². The third kappa shape index (κ3) is 5.26. The second-order valence-electron chi connectivity index (χ2n) is 5.60. The summed E-state index contributed by atoms with van der Waals surface area (Å²) in [5.74, 6) is -1.64. The van der Waals surface area contributed by atoms with Gasteiger partial charge in [-0.1, -0.05) is 0 Å². The summed E-state index contributed by atoms with van der Waals surface area (Å²) < 4.78 is 5.56. The minimum atomic E-state index is -0.738. The summed E-state index contributed by atoms with van der Waals surface area (Å²) in [6, 6.07) is 0.0256. The molecule has 1 saturated heterocycles. The second-order valence-corrected chi connectivity index (χ2v) is 5.60. The predicted molar refractivity (Wildman–Crippen MR) is 70.1 cm³/mol. The molecule has 1 aliphatic heterocycles. The SMILES string of the molecule is CC(N)CCOC(C)(C)CC(=O)ON1C(=O)CCC1=O. The van der Waals surface area contributed by atoms with Crippen molar-refractivity contribution in [1.82, 2.24) is 5.06 Å². The number of hydrogen-bond acceptors (Lipinski definition) is 6. The zero-order chi connectivity index (χ0) is 15.3. The first-order valence-electron chi connectivity index (χ1n) is 6.67. The molecule has 7 heteroatoms. The van der Waals surface area contributed by atoms with Crippen LogP contribution in [0.15, 0.2) is 0 Å². The van der Waals surface area contributed by atoms with Crippen LogP contribution in [0.5, 0.6) is 0 Å². The Labute approximate surface area is 118 Å². The lowest BCUT2D eigenvalue weighted by molar-refractivity contribution is -0.200. The molecule has 114 valence electrons. The van der Waals surface area contributed by atoms with Crippen molar-refractivity contribution < 1.29 is 24.0 Å². The predicted octanol–water partition coefficient (Wildman–Crippen LogP) is 0.516. The Morgan fingerprint density at radius 2 is 1.90 bits per heavy atom. The molecule has 0 radical (unpaired) electrons. The number of hydrogen-bond donors (Lipinski definition) is 1. The number of imide groups is 1. The van der Waals surface area contributed by atoms with Crippen molar-refractivity contribution in [1.29, 1.82) is 0 Å². The van der Waals surface area contributed by atoms with Crippen LogP contribution in [0.4, 0.5) is 0 Å². The number of nitrogens with two attached hydrogens (primary N) is 1. The number of carbonyl (C=O) groups is 3. The molecule has 0 aromatic rings. The van der Waals surface area contributed by atoms with Crippen molar-refractivity contribution in [2.75, 3.05) is 6.61 Å². The standard InChI is InChI=1S/C13H22N2O5/c1-9(14)6-7-19-13(2,3)8-12(18)20-15-10(16)4-5-11(15)17/h9H,4-8,14H2,1-3H3. The molecule has 1 unspecified atom stereocenters. The molecule has 0 saturated carbocycles. The normalized spacial score (nSPS) is 17.5. The van der Waals surface area contributed by atoms with Crippen molar-refractivity contribution >= 4 is 17.8 Å². The fourth-order valence-electron chi connectivity index (χ4n) is 1.71. The van der Waals surface area contributed by atoms with Crippen LogP contribution in [0.1, 0.15) is 46.5 Å². The van der Waals surface area contributed by atoms with Gasteiger partial charge in [0.25, 0.3) is 11.8 Å². The second kappa shape index (κ2) is 6.81. The third-order valence-corrected chi connectivity index (χ3v) is 2.83. The van der Waals surface area contributed by atoms with Crippen LogP contribution in [0.25, 0.3) is 0 Å². The minimum Gasteiger partial charge on any atom is -0.375 e. The first-order valence-corrected chi connectivity index (χ1v) is 6.67. The molecular formula is C13H22N2O5.